The minimum atomic E-state index is -0.697. The van der Waals surface area contributed by atoms with Gasteiger partial charge in [0.2, 0.25) is 5.91 Å². The summed E-state index contributed by atoms with van der Waals surface area (Å²) in [6.45, 7) is 11.8. The smallest absolute Gasteiger partial charge is 0.226 e. The monoisotopic (exact) mass is 239 g/mol. The summed E-state index contributed by atoms with van der Waals surface area (Å²) in [5.41, 5.74) is -0.516. The zero-order valence-corrected chi connectivity index (χ0v) is 11.7. The van der Waals surface area contributed by atoms with E-state index in [1.807, 2.05) is 11.8 Å². The third kappa shape index (κ3) is 1.88. The van der Waals surface area contributed by atoms with Gasteiger partial charge in [0, 0.05) is 19.0 Å². The number of hydrogen-bond donors (Lipinski definition) is 1. The molecule has 17 heavy (non-hydrogen) atoms. The van der Waals surface area contributed by atoms with Crippen molar-refractivity contribution in [2.45, 2.75) is 53.1 Å². The average Bonchev–Trinajstić information content (AvgIpc) is 2.55. The molecule has 1 saturated heterocycles. The summed E-state index contributed by atoms with van der Waals surface area (Å²) in [5, 5.41) is 10.1. The second kappa shape index (κ2) is 3.47. The van der Waals surface area contributed by atoms with Gasteiger partial charge in [-0.15, -0.1) is 0 Å². The van der Waals surface area contributed by atoms with Crippen LogP contribution in [0.1, 0.15) is 47.5 Å². The van der Waals surface area contributed by atoms with E-state index in [-0.39, 0.29) is 22.7 Å². The summed E-state index contributed by atoms with van der Waals surface area (Å²) in [6, 6.07) is 0. The van der Waals surface area contributed by atoms with Crippen LogP contribution in [0.4, 0.5) is 0 Å². The SMILES string of the molecule is CC1(O)CCCN(C(=O)C2C(C)(C)C2(C)C)C1. The molecule has 2 fully saturated rings. The highest BCUT2D eigenvalue weighted by atomic mass is 16.3. The lowest BCUT2D eigenvalue weighted by Gasteiger charge is -2.37. The van der Waals surface area contributed by atoms with Gasteiger partial charge >= 0.3 is 0 Å². The van der Waals surface area contributed by atoms with E-state index in [9.17, 15) is 9.90 Å². The van der Waals surface area contributed by atoms with Crippen LogP contribution < -0.4 is 0 Å². The van der Waals surface area contributed by atoms with Crippen molar-refractivity contribution in [3.05, 3.63) is 0 Å². The average molecular weight is 239 g/mol. The number of rotatable bonds is 1. The first-order valence-electron chi connectivity index (χ1n) is 6.61. The van der Waals surface area contributed by atoms with Crippen LogP contribution in [0, 0.1) is 16.7 Å². The van der Waals surface area contributed by atoms with Crippen molar-refractivity contribution in [2.75, 3.05) is 13.1 Å². The van der Waals surface area contributed by atoms with Crippen LogP contribution in [0.5, 0.6) is 0 Å². The lowest BCUT2D eigenvalue weighted by atomic mass is 9.94. The summed E-state index contributed by atoms with van der Waals surface area (Å²) in [5.74, 6) is 0.351. The second-order valence-electron chi connectivity index (χ2n) is 7.24. The van der Waals surface area contributed by atoms with Crippen molar-refractivity contribution in [1.82, 2.24) is 4.90 Å². The molecule has 1 heterocycles. The fourth-order valence-corrected chi connectivity index (χ4v) is 3.40. The van der Waals surface area contributed by atoms with Crippen LogP contribution in [0.3, 0.4) is 0 Å². The third-order valence-corrected chi connectivity index (χ3v) is 5.25. The molecule has 1 unspecified atom stereocenters. The molecule has 0 bridgehead atoms. The first kappa shape index (κ1) is 12.9. The van der Waals surface area contributed by atoms with E-state index in [0.29, 0.717) is 6.54 Å². The van der Waals surface area contributed by atoms with E-state index in [4.69, 9.17) is 0 Å². The van der Waals surface area contributed by atoms with Crippen molar-refractivity contribution in [1.29, 1.82) is 0 Å². The number of hydrogen-bond acceptors (Lipinski definition) is 2. The number of likely N-dealkylation sites (tertiary alicyclic amines) is 1. The van der Waals surface area contributed by atoms with Crippen LogP contribution in [-0.2, 0) is 4.79 Å². The molecular formula is C14H25NO2. The summed E-state index contributed by atoms with van der Waals surface area (Å²) in [4.78, 5) is 14.4. The highest BCUT2D eigenvalue weighted by Crippen LogP contribution is 2.68. The standard InChI is InChI=1S/C14H25NO2/c1-12(2)10(13(12,3)4)11(16)15-8-6-7-14(5,17)9-15/h10,17H,6-9H2,1-5H3. The zero-order valence-electron chi connectivity index (χ0n) is 11.7. The highest BCUT2D eigenvalue weighted by Gasteiger charge is 2.68. The topological polar surface area (TPSA) is 40.5 Å². The maximum absolute atomic E-state index is 12.5. The van der Waals surface area contributed by atoms with Gasteiger partial charge < -0.3 is 10.0 Å². The highest BCUT2D eigenvalue weighted by molar-refractivity contribution is 5.84. The van der Waals surface area contributed by atoms with Gasteiger partial charge in [-0.1, -0.05) is 27.7 Å². The first-order valence-corrected chi connectivity index (χ1v) is 6.61. The van der Waals surface area contributed by atoms with Gasteiger partial charge in [0.15, 0.2) is 0 Å². The van der Waals surface area contributed by atoms with Gasteiger partial charge in [-0.25, -0.2) is 0 Å². The normalized spacial score (nSPS) is 35.8. The molecule has 0 aromatic carbocycles. The molecule has 1 saturated carbocycles. The fourth-order valence-electron chi connectivity index (χ4n) is 3.40. The van der Waals surface area contributed by atoms with Gasteiger partial charge in [0.1, 0.15) is 0 Å². The molecule has 0 aromatic rings. The van der Waals surface area contributed by atoms with E-state index >= 15 is 0 Å². The van der Waals surface area contributed by atoms with Crippen LogP contribution >= 0.6 is 0 Å². The van der Waals surface area contributed by atoms with Crippen molar-refractivity contribution < 1.29 is 9.90 Å². The Labute approximate surface area is 104 Å². The molecule has 0 radical (unpaired) electrons. The van der Waals surface area contributed by atoms with Crippen molar-refractivity contribution in [3.63, 3.8) is 0 Å². The third-order valence-electron chi connectivity index (χ3n) is 5.25. The largest absolute Gasteiger partial charge is 0.388 e. The lowest BCUT2D eigenvalue weighted by Crippen LogP contribution is -2.49. The number of piperidine rings is 1. The van der Waals surface area contributed by atoms with Gasteiger partial charge in [-0.05, 0) is 30.6 Å². The molecule has 0 aromatic heterocycles. The molecule has 0 spiro atoms. The zero-order chi connectivity index (χ0) is 13.1. The lowest BCUT2D eigenvalue weighted by molar-refractivity contribution is -0.140. The number of aliphatic hydroxyl groups is 1. The number of nitrogens with zero attached hydrogens (tertiary/aromatic N) is 1. The van der Waals surface area contributed by atoms with E-state index in [2.05, 4.69) is 27.7 Å². The molecule has 1 N–H and O–H groups in total. The Hall–Kier alpha value is -0.570. The summed E-state index contributed by atoms with van der Waals surface area (Å²) in [7, 11) is 0. The number of amides is 1. The van der Waals surface area contributed by atoms with Crippen LogP contribution in [0.2, 0.25) is 0 Å². The van der Waals surface area contributed by atoms with Gasteiger partial charge in [0.25, 0.3) is 0 Å². The van der Waals surface area contributed by atoms with E-state index in [1.165, 1.54) is 0 Å². The molecule has 1 atom stereocenters. The van der Waals surface area contributed by atoms with Crippen molar-refractivity contribution in [2.24, 2.45) is 16.7 Å². The van der Waals surface area contributed by atoms with Gasteiger partial charge in [-0.2, -0.15) is 0 Å². The molecule has 3 heteroatoms. The molecule has 2 aliphatic rings. The Balaban J connectivity index is 2.08. The number of carbonyl (C=O) groups excluding carboxylic acids is 1. The molecule has 2 rings (SSSR count). The van der Waals surface area contributed by atoms with Crippen molar-refractivity contribution >= 4 is 5.91 Å². The van der Waals surface area contributed by atoms with Crippen LogP contribution in [0.25, 0.3) is 0 Å². The Morgan fingerprint density at radius 2 is 1.71 bits per heavy atom. The number of carbonyl (C=O) groups is 1. The Bertz CT molecular complexity index is 330. The fraction of sp³-hybridized carbons (Fsp3) is 0.929. The van der Waals surface area contributed by atoms with E-state index < -0.39 is 5.60 Å². The van der Waals surface area contributed by atoms with Gasteiger partial charge in [-0.3, -0.25) is 4.79 Å². The molecule has 1 amide bonds. The maximum atomic E-state index is 12.5. The minimum absolute atomic E-state index is 0.0907. The predicted molar refractivity (Wildman–Crippen MR) is 67.5 cm³/mol. The van der Waals surface area contributed by atoms with Crippen LogP contribution in [-0.4, -0.2) is 34.6 Å². The van der Waals surface area contributed by atoms with E-state index in [1.54, 1.807) is 0 Å². The molecular weight excluding hydrogens is 214 g/mol. The molecule has 1 aliphatic carbocycles. The summed E-state index contributed by atoms with van der Waals surface area (Å²) in [6.07, 6.45) is 1.71. The summed E-state index contributed by atoms with van der Waals surface area (Å²) >= 11 is 0. The first-order chi connectivity index (χ1) is 7.59. The molecule has 3 nitrogen and oxygen atoms in total. The Kier molecular flexibility index (Phi) is 2.63. The molecule has 1 aliphatic heterocycles. The maximum Gasteiger partial charge on any atom is 0.226 e. The number of β-amino-alcohol motifs (C(OH)–C–C–N with tert-alkyl or cyclic N) is 1. The van der Waals surface area contributed by atoms with Gasteiger partial charge in [0.05, 0.1) is 5.60 Å². The predicted octanol–water partition coefficient (Wildman–Crippen LogP) is 2.04. The molecule has 98 valence electrons. The Morgan fingerprint density at radius 3 is 2.12 bits per heavy atom. The quantitative estimate of drug-likeness (QED) is 0.760. The van der Waals surface area contributed by atoms with E-state index in [0.717, 1.165) is 19.4 Å². The minimum Gasteiger partial charge on any atom is -0.388 e. The van der Waals surface area contributed by atoms with Crippen molar-refractivity contribution in [3.8, 4) is 0 Å². The summed E-state index contributed by atoms with van der Waals surface area (Å²) < 4.78 is 0. The Morgan fingerprint density at radius 1 is 1.18 bits per heavy atom. The second-order valence-corrected chi connectivity index (χ2v) is 7.24. The van der Waals surface area contributed by atoms with Crippen LogP contribution in [0.15, 0.2) is 0 Å².